The first kappa shape index (κ1) is 21.4. The van der Waals surface area contributed by atoms with Crippen LogP contribution in [0, 0.1) is 11.6 Å². The maximum Gasteiger partial charge on any atom is 0.130 e. The van der Waals surface area contributed by atoms with Crippen molar-refractivity contribution in [1.29, 1.82) is 0 Å². The molecule has 29 heavy (non-hydrogen) atoms. The van der Waals surface area contributed by atoms with Crippen molar-refractivity contribution >= 4 is 31.9 Å². The van der Waals surface area contributed by atoms with E-state index in [0.29, 0.717) is 33.3 Å². The molecule has 2 saturated heterocycles. The van der Waals surface area contributed by atoms with Gasteiger partial charge in [-0.3, -0.25) is 0 Å². The molecule has 0 N–H and O–H groups in total. The Kier molecular flexibility index (Phi) is 7.02. The van der Waals surface area contributed by atoms with Gasteiger partial charge in [-0.05, 0) is 49.9 Å². The molecule has 2 fully saturated rings. The minimum Gasteiger partial charge on any atom is -0.371 e. The van der Waals surface area contributed by atoms with Gasteiger partial charge in [-0.2, -0.15) is 0 Å². The Labute approximate surface area is 186 Å². The summed E-state index contributed by atoms with van der Waals surface area (Å²) >= 11 is 6.59. The first-order valence-electron chi connectivity index (χ1n) is 9.81. The molecule has 2 heterocycles. The standard InChI is InChI=1S/C22H22Br2F2O3/c23-13-5-7-15(17(25)11-13)21-19(3-1-9-27-21)29-20-4-2-10-28-22(20)16-8-6-14(24)12-18(16)26/h5-8,11-12,19-22H,1-4,9-10H2. The molecule has 0 saturated carbocycles. The number of hydrogen-bond donors (Lipinski definition) is 0. The van der Waals surface area contributed by atoms with Gasteiger partial charge in [-0.25, -0.2) is 8.78 Å². The van der Waals surface area contributed by atoms with Gasteiger partial charge in [0.2, 0.25) is 0 Å². The Bertz CT molecular complexity index is 794. The lowest BCUT2D eigenvalue weighted by atomic mass is 9.95. The fraction of sp³-hybridized carbons (Fsp3) is 0.455. The van der Waals surface area contributed by atoms with E-state index in [0.717, 1.165) is 25.7 Å². The van der Waals surface area contributed by atoms with Crippen LogP contribution in [0.2, 0.25) is 0 Å². The fourth-order valence-electron chi connectivity index (χ4n) is 4.05. The minimum atomic E-state index is -0.491. The van der Waals surface area contributed by atoms with E-state index in [2.05, 4.69) is 31.9 Å². The van der Waals surface area contributed by atoms with Crippen molar-refractivity contribution in [2.24, 2.45) is 0 Å². The van der Waals surface area contributed by atoms with Crippen LogP contribution in [0.4, 0.5) is 8.78 Å². The van der Waals surface area contributed by atoms with Crippen LogP contribution in [0.5, 0.6) is 0 Å². The second kappa shape index (κ2) is 9.52. The molecule has 2 aromatic rings. The van der Waals surface area contributed by atoms with Gasteiger partial charge in [0.1, 0.15) is 23.8 Å². The van der Waals surface area contributed by atoms with Gasteiger partial charge in [0.15, 0.2) is 0 Å². The molecule has 0 aliphatic carbocycles. The molecule has 4 atom stereocenters. The van der Waals surface area contributed by atoms with Crippen LogP contribution in [0.1, 0.15) is 49.0 Å². The van der Waals surface area contributed by atoms with Gasteiger partial charge in [0, 0.05) is 33.3 Å². The smallest absolute Gasteiger partial charge is 0.130 e. The third-order valence-corrected chi connectivity index (χ3v) is 6.41. The van der Waals surface area contributed by atoms with Crippen molar-refractivity contribution in [1.82, 2.24) is 0 Å². The van der Waals surface area contributed by atoms with Crippen LogP contribution >= 0.6 is 31.9 Å². The predicted octanol–water partition coefficient (Wildman–Crippen LogP) is 6.65. The molecule has 7 heteroatoms. The van der Waals surface area contributed by atoms with Crippen molar-refractivity contribution in [3.63, 3.8) is 0 Å². The summed E-state index contributed by atoms with van der Waals surface area (Å²) in [5.41, 5.74) is 0.974. The summed E-state index contributed by atoms with van der Waals surface area (Å²) in [6, 6.07) is 9.94. The summed E-state index contributed by atoms with van der Waals surface area (Å²) in [5.74, 6) is -0.648. The summed E-state index contributed by atoms with van der Waals surface area (Å²) in [6.45, 7) is 1.12. The summed E-state index contributed by atoms with van der Waals surface area (Å²) in [7, 11) is 0. The second-order valence-corrected chi connectivity index (χ2v) is 9.24. The van der Waals surface area contributed by atoms with Crippen molar-refractivity contribution in [2.75, 3.05) is 13.2 Å². The van der Waals surface area contributed by atoms with Crippen molar-refractivity contribution in [3.8, 4) is 0 Å². The highest BCUT2D eigenvalue weighted by molar-refractivity contribution is 9.10. The molecule has 0 bridgehead atoms. The normalized spacial score (nSPS) is 27.7. The average Bonchev–Trinajstić information content (AvgIpc) is 2.70. The lowest BCUT2D eigenvalue weighted by Crippen LogP contribution is -2.38. The van der Waals surface area contributed by atoms with E-state index in [1.807, 2.05) is 0 Å². The van der Waals surface area contributed by atoms with Gasteiger partial charge in [-0.1, -0.05) is 44.0 Å². The number of rotatable bonds is 4. The molecule has 3 nitrogen and oxygen atoms in total. The first-order valence-corrected chi connectivity index (χ1v) is 11.4. The second-order valence-electron chi connectivity index (χ2n) is 7.41. The Hall–Kier alpha value is -0.860. The molecule has 2 aliphatic rings. The lowest BCUT2D eigenvalue weighted by Gasteiger charge is -2.39. The van der Waals surface area contributed by atoms with Crippen LogP contribution in [-0.4, -0.2) is 25.4 Å². The zero-order valence-electron chi connectivity index (χ0n) is 15.8. The highest BCUT2D eigenvalue weighted by Crippen LogP contribution is 2.39. The maximum absolute atomic E-state index is 14.6. The summed E-state index contributed by atoms with van der Waals surface area (Å²) in [5, 5.41) is 0. The molecular formula is C22H22Br2F2O3. The number of halogens is 4. The minimum absolute atomic E-state index is 0.313. The summed E-state index contributed by atoms with van der Waals surface area (Å²) < 4.78 is 48.8. The van der Waals surface area contributed by atoms with Gasteiger partial charge in [0.25, 0.3) is 0 Å². The molecular weight excluding hydrogens is 510 g/mol. The van der Waals surface area contributed by atoms with Gasteiger partial charge >= 0.3 is 0 Å². The Balaban J connectivity index is 1.57. The van der Waals surface area contributed by atoms with Gasteiger partial charge < -0.3 is 14.2 Å². The van der Waals surface area contributed by atoms with Crippen LogP contribution in [-0.2, 0) is 14.2 Å². The molecule has 2 aromatic carbocycles. The van der Waals surface area contributed by atoms with E-state index >= 15 is 0 Å². The lowest BCUT2D eigenvalue weighted by molar-refractivity contribution is -0.181. The highest BCUT2D eigenvalue weighted by atomic mass is 79.9. The van der Waals surface area contributed by atoms with E-state index in [1.54, 1.807) is 24.3 Å². The molecule has 0 spiro atoms. The average molecular weight is 532 g/mol. The van der Waals surface area contributed by atoms with Crippen molar-refractivity contribution < 1.29 is 23.0 Å². The molecule has 0 amide bonds. The Morgan fingerprint density at radius 1 is 0.759 bits per heavy atom. The Morgan fingerprint density at radius 2 is 1.21 bits per heavy atom. The molecule has 4 unspecified atom stereocenters. The Morgan fingerprint density at radius 3 is 1.62 bits per heavy atom. The maximum atomic E-state index is 14.6. The van der Waals surface area contributed by atoms with Crippen molar-refractivity contribution in [2.45, 2.75) is 50.1 Å². The van der Waals surface area contributed by atoms with Crippen LogP contribution in [0.15, 0.2) is 45.3 Å². The first-order chi connectivity index (χ1) is 14.0. The molecule has 0 aromatic heterocycles. The van der Waals surface area contributed by atoms with E-state index in [4.69, 9.17) is 14.2 Å². The van der Waals surface area contributed by atoms with E-state index in [9.17, 15) is 8.78 Å². The zero-order valence-corrected chi connectivity index (χ0v) is 18.9. The number of hydrogen-bond acceptors (Lipinski definition) is 3. The number of benzene rings is 2. The van der Waals surface area contributed by atoms with E-state index < -0.39 is 12.2 Å². The monoisotopic (exact) mass is 530 g/mol. The summed E-state index contributed by atoms with van der Waals surface area (Å²) in [6.07, 6.45) is 1.58. The van der Waals surface area contributed by atoms with E-state index in [-0.39, 0.29) is 23.8 Å². The SMILES string of the molecule is Fc1cc(Br)ccc1C1OCCCC1OC1CCCOC1c1ccc(Br)cc1F. The van der Waals surface area contributed by atoms with Crippen LogP contribution in [0.3, 0.4) is 0 Å². The highest BCUT2D eigenvalue weighted by Gasteiger charge is 2.37. The zero-order chi connectivity index (χ0) is 20.4. The molecule has 4 rings (SSSR count). The van der Waals surface area contributed by atoms with Crippen LogP contribution in [0.25, 0.3) is 0 Å². The quantitative estimate of drug-likeness (QED) is 0.442. The largest absolute Gasteiger partial charge is 0.371 e. The fourth-order valence-corrected chi connectivity index (χ4v) is 4.72. The van der Waals surface area contributed by atoms with Gasteiger partial charge in [0.05, 0.1) is 12.2 Å². The molecule has 2 aliphatic heterocycles. The topological polar surface area (TPSA) is 27.7 Å². The van der Waals surface area contributed by atoms with Crippen LogP contribution < -0.4 is 0 Å². The predicted molar refractivity (Wildman–Crippen MR) is 113 cm³/mol. The third kappa shape index (κ3) is 4.90. The third-order valence-electron chi connectivity index (χ3n) is 5.42. The van der Waals surface area contributed by atoms with Gasteiger partial charge in [-0.15, -0.1) is 0 Å². The summed E-state index contributed by atoms with van der Waals surface area (Å²) in [4.78, 5) is 0. The molecule has 0 radical (unpaired) electrons. The van der Waals surface area contributed by atoms with E-state index in [1.165, 1.54) is 12.1 Å². The van der Waals surface area contributed by atoms with Crippen molar-refractivity contribution in [3.05, 3.63) is 68.1 Å². The molecule has 156 valence electrons. The number of ether oxygens (including phenoxy) is 3.